The van der Waals surface area contributed by atoms with Crippen LogP contribution < -0.4 is 0 Å². The van der Waals surface area contributed by atoms with Gasteiger partial charge in [-0.05, 0) is 11.4 Å². The number of Topliss-reactive ketones (excluding diaryl/α,β-unsaturated/α-hetero) is 1. The molecule has 1 aromatic heterocycles. The van der Waals surface area contributed by atoms with Crippen LogP contribution in [0.3, 0.4) is 0 Å². The summed E-state index contributed by atoms with van der Waals surface area (Å²) in [5.74, 6) is -0.558. The second-order valence-corrected chi connectivity index (χ2v) is 4.74. The van der Waals surface area contributed by atoms with E-state index in [4.69, 9.17) is 4.74 Å². The lowest BCUT2D eigenvalue weighted by Gasteiger charge is -2.03. The molecule has 0 atom stereocenters. The highest BCUT2D eigenvalue weighted by molar-refractivity contribution is 7.10. The van der Waals surface area contributed by atoms with Crippen LogP contribution >= 0.6 is 11.3 Å². The lowest BCUT2D eigenvalue weighted by Crippen LogP contribution is -2.15. The molecule has 0 aliphatic carbocycles. The molecule has 3 nitrogen and oxygen atoms in total. The molecule has 2 rings (SSSR count). The standard InChI is InChI=1S/C14H12O3S/c15-13(11-5-2-1-3-6-11)10-17-14(16)9-12-7-4-8-18-12/h1-8H,9-10H2. The maximum absolute atomic E-state index is 11.7. The van der Waals surface area contributed by atoms with Gasteiger partial charge in [-0.15, -0.1) is 11.3 Å². The average Bonchev–Trinajstić information content (AvgIpc) is 2.90. The Labute approximate surface area is 109 Å². The van der Waals surface area contributed by atoms with Crippen molar-refractivity contribution in [1.82, 2.24) is 0 Å². The van der Waals surface area contributed by atoms with Crippen LogP contribution in [0.4, 0.5) is 0 Å². The van der Waals surface area contributed by atoms with Crippen LogP contribution in [0.15, 0.2) is 47.8 Å². The average molecular weight is 260 g/mol. The summed E-state index contributed by atoms with van der Waals surface area (Å²) in [7, 11) is 0. The van der Waals surface area contributed by atoms with Gasteiger partial charge in [0.2, 0.25) is 0 Å². The number of esters is 1. The molecule has 92 valence electrons. The summed E-state index contributed by atoms with van der Waals surface area (Å²) in [6.07, 6.45) is 0.222. The molecule has 2 aromatic rings. The molecule has 0 fully saturated rings. The first-order chi connectivity index (χ1) is 8.75. The largest absolute Gasteiger partial charge is 0.457 e. The molecule has 0 aliphatic heterocycles. The molecule has 0 aliphatic rings. The van der Waals surface area contributed by atoms with Gasteiger partial charge in [-0.25, -0.2) is 0 Å². The Morgan fingerprint density at radius 1 is 1.06 bits per heavy atom. The van der Waals surface area contributed by atoms with Crippen LogP contribution in [0, 0.1) is 0 Å². The number of carbonyl (C=O) groups excluding carboxylic acids is 2. The van der Waals surface area contributed by atoms with Crippen molar-refractivity contribution in [3.63, 3.8) is 0 Å². The maximum atomic E-state index is 11.7. The molecule has 0 bridgehead atoms. The van der Waals surface area contributed by atoms with Gasteiger partial charge in [0.05, 0.1) is 6.42 Å². The van der Waals surface area contributed by atoms with Gasteiger partial charge in [-0.3, -0.25) is 9.59 Å². The molecule has 0 N–H and O–H groups in total. The maximum Gasteiger partial charge on any atom is 0.311 e. The summed E-state index contributed by atoms with van der Waals surface area (Å²) in [5, 5.41) is 1.90. The Hall–Kier alpha value is -1.94. The zero-order valence-electron chi connectivity index (χ0n) is 9.67. The minimum absolute atomic E-state index is 0.185. The smallest absolute Gasteiger partial charge is 0.311 e. The lowest BCUT2D eigenvalue weighted by atomic mass is 10.1. The monoisotopic (exact) mass is 260 g/mol. The van der Waals surface area contributed by atoms with E-state index in [2.05, 4.69) is 0 Å². The predicted octanol–water partition coefficient (Wildman–Crippen LogP) is 2.72. The van der Waals surface area contributed by atoms with Gasteiger partial charge in [-0.2, -0.15) is 0 Å². The third-order valence-corrected chi connectivity index (χ3v) is 3.24. The van der Waals surface area contributed by atoms with E-state index >= 15 is 0 Å². The summed E-state index contributed by atoms with van der Waals surface area (Å²) in [4.78, 5) is 24.1. The normalized spacial score (nSPS) is 10.0. The molecule has 0 saturated carbocycles. The second-order valence-electron chi connectivity index (χ2n) is 3.71. The Bertz CT molecular complexity index is 517. The number of ketones is 1. The molecule has 18 heavy (non-hydrogen) atoms. The number of carbonyl (C=O) groups is 2. The first-order valence-corrected chi connectivity index (χ1v) is 6.40. The fourth-order valence-corrected chi connectivity index (χ4v) is 2.15. The van der Waals surface area contributed by atoms with Crippen molar-refractivity contribution in [2.45, 2.75) is 6.42 Å². The van der Waals surface area contributed by atoms with E-state index in [0.29, 0.717) is 5.56 Å². The molecule has 0 unspecified atom stereocenters. The Kier molecular flexibility index (Phi) is 4.25. The first-order valence-electron chi connectivity index (χ1n) is 5.52. The minimum atomic E-state index is -0.373. The predicted molar refractivity (Wildman–Crippen MR) is 69.8 cm³/mol. The van der Waals surface area contributed by atoms with Crippen LogP contribution in [0.5, 0.6) is 0 Å². The van der Waals surface area contributed by atoms with Crippen LogP contribution in [-0.2, 0) is 16.0 Å². The van der Waals surface area contributed by atoms with Crippen LogP contribution in [0.25, 0.3) is 0 Å². The van der Waals surface area contributed by atoms with Gasteiger partial charge >= 0.3 is 5.97 Å². The topological polar surface area (TPSA) is 43.4 Å². The molecule has 1 heterocycles. The van der Waals surface area contributed by atoms with E-state index in [-0.39, 0.29) is 24.8 Å². The summed E-state index contributed by atoms with van der Waals surface area (Å²) in [6, 6.07) is 12.5. The van der Waals surface area contributed by atoms with Crippen molar-refractivity contribution in [3.05, 3.63) is 58.3 Å². The third kappa shape index (κ3) is 3.53. The van der Waals surface area contributed by atoms with Crippen molar-refractivity contribution in [2.24, 2.45) is 0 Å². The van der Waals surface area contributed by atoms with E-state index in [1.165, 1.54) is 11.3 Å². The van der Waals surface area contributed by atoms with Crippen LogP contribution in [0.2, 0.25) is 0 Å². The number of thiophene rings is 1. The molecule has 0 radical (unpaired) electrons. The lowest BCUT2D eigenvalue weighted by molar-refractivity contribution is -0.141. The van der Waals surface area contributed by atoms with E-state index in [1.54, 1.807) is 24.3 Å². The zero-order valence-corrected chi connectivity index (χ0v) is 10.5. The second kappa shape index (κ2) is 6.12. The van der Waals surface area contributed by atoms with Crippen molar-refractivity contribution in [1.29, 1.82) is 0 Å². The van der Waals surface area contributed by atoms with E-state index in [9.17, 15) is 9.59 Å². The molecule has 0 saturated heterocycles. The van der Waals surface area contributed by atoms with Gasteiger partial charge in [0.25, 0.3) is 0 Å². The number of hydrogen-bond acceptors (Lipinski definition) is 4. The highest BCUT2D eigenvalue weighted by Crippen LogP contribution is 2.10. The summed E-state index contributed by atoms with van der Waals surface area (Å²) >= 11 is 1.50. The molecule has 0 amide bonds. The van der Waals surface area contributed by atoms with Crippen LogP contribution in [0.1, 0.15) is 15.2 Å². The fraction of sp³-hybridized carbons (Fsp3) is 0.143. The van der Waals surface area contributed by atoms with E-state index in [1.807, 2.05) is 23.6 Å². The van der Waals surface area contributed by atoms with Gasteiger partial charge in [0.1, 0.15) is 0 Å². The summed E-state index contributed by atoms with van der Waals surface area (Å²) in [6.45, 7) is -0.200. The van der Waals surface area contributed by atoms with E-state index in [0.717, 1.165) is 4.88 Å². The van der Waals surface area contributed by atoms with Crippen molar-refractivity contribution >= 4 is 23.1 Å². The quantitative estimate of drug-likeness (QED) is 0.613. The molecule has 1 aromatic carbocycles. The van der Waals surface area contributed by atoms with Gasteiger partial charge in [0, 0.05) is 10.4 Å². The van der Waals surface area contributed by atoms with Gasteiger partial charge in [0.15, 0.2) is 12.4 Å². The third-order valence-electron chi connectivity index (χ3n) is 2.36. The van der Waals surface area contributed by atoms with Crippen molar-refractivity contribution in [3.8, 4) is 0 Å². The molecular weight excluding hydrogens is 248 g/mol. The highest BCUT2D eigenvalue weighted by atomic mass is 32.1. The number of rotatable bonds is 5. The Morgan fingerprint density at radius 2 is 1.83 bits per heavy atom. The minimum Gasteiger partial charge on any atom is -0.457 e. The van der Waals surface area contributed by atoms with E-state index < -0.39 is 0 Å². The number of hydrogen-bond donors (Lipinski definition) is 0. The first kappa shape index (κ1) is 12.5. The Morgan fingerprint density at radius 3 is 2.50 bits per heavy atom. The molecule has 0 spiro atoms. The van der Waals surface area contributed by atoms with Crippen LogP contribution in [-0.4, -0.2) is 18.4 Å². The fourth-order valence-electron chi connectivity index (χ4n) is 1.46. The zero-order chi connectivity index (χ0) is 12.8. The van der Waals surface area contributed by atoms with Crippen molar-refractivity contribution < 1.29 is 14.3 Å². The van der Waals surface area contributed by atoms with Crippen molar-refractivity contribution in [2.75, 3.05) is 6.61 Å². The number of benzene rings is 1. The Balaban J connectivity index is 1.81. The van der Waals surface area contributed by atoms with Gasteiger partial charge < -0.3 is 4.74 Å². The summed E-state index contributed by atoms with van der Waals surface area (Å²) in [5.41, 5.74) is 0.557. The SMILES string of the molecule is O=C(Cc1cccs1)OCC(=O)c1ccccc1. The number of ether oxygens (including phenoxy) is 1. The summed E-state index contributed by atoms with van der Waals surface area (Å²) < 4.78 is 4.95. The highest BCUT2D eigenvalue weighted by Gasteiger charge is 2.10. The van der Waals surface area contributed by atoms with Gasteiger partial charge in [-0.1, -0.05) is 36.4 Å². The molecular formula is C14H12O3S. The molecule has 4 heteroatoms.